The lowest BCUT2D eigenvalue weighted by Gasteiger charge is -2.44. The van der Waals surface area contributed by atoms with Gasteiger partial charge < -0.3 is 14.8 Å². The molecule has 1 saturated carbocycles. The second-order valence-electron chi connectivity index (χ2n) is 4.95. The molecular formula is C15H21BrFNO2. The summed E-state index contributed by atoms with van der Waals surface area (Å²) in [5, 5.41) is 3.47. The number of ether oxygens (including phenoxy) is 2. The molecule has 0 saturated heterocycles. The third kappa shape index (κ3) is 3.71. The summed E-state index contributed by atoms with van der Waals surface area (Å²) in [6.45, 7) is 5.79. The zero-order valence-corrected chi connectivity index (χ0v) is 13.5. The molecule has 0 bridgehead atoms. The molecule has 0 spiro atoms. The Morgan fingerprint density at radius 3 is 2.85 bits per heavy atom. The summed E-state index contributed by atoms with van der Waals surface area (Å²) in [7, 11) is 0. The van der Waals surface area contributed by atoms with Crippen molar-refractivity contribution in [2.45, 2.75) is 44.9 Å². The van der Waals surface area contributed by atoms with Gasteiger partial charge in [0.05, 0.1) is 4.47 Å². The summed E-state index contributed by atoms with van der Waals surface area (Å²) < 4.78 is 25.3. The van der Waals surface area contributed by atoms with Gasteiger partial charge >= 0.3 is 0 Å². The van der Waals surface area contributed by atoms with Gasteiger partial charge in [0.1, 0.15) is 23.8 Å². The van der Waals surface area contributed by atoms with Gasteiger partial charge in [0.2, 0.25) is 0 Å². The molecule has 0 heterocycles. The van der Waals surface area contributed by atoms with Crippen molar-refractivity contribution in [1.29, 1.82) is 0 Å². The fourth-order valence-electron chi connectivity index (χ4n) is 2.37. The van der Waals surface area contributed by atoms with E-state index >= 15 is 0 Å². The first-order valence-corrected chi connectivity index (χ1v) is 7.91. The van der Waals surface area contributed by atoms with E-state index in [4.69, 9.17) is 9.47 Å². The zero-order chi connectivity index (χ0) is 14.5. The highest BCUT2D eigenvalue weighted by Gasteiger charge is 2.43. The van der Waals surface area contributed by atoms with Crippen LogP contribution in [0.4, 0.5) is 4.39 Å². The van der Waals surface area contributed by atoms with Gasteiger partial charge in [-0.15, -0.1) is 0 Å². The Kier molecular flexibility index (Phi) is 5.81. The first kappa shape index (κ1) is 15.7. The molecule has 0 amide bonds. The molecule has 3 nitrogen and oxygen atoms in total. The SMILES string of the molecule is CCCNC1CC(Oc2ccc(F)c(Br)c2)C1OCC. The first-order valence-electron chi connectivity index (χ1n) is 7.12. The highest BCUT2D eigenvalue weighted by molar-refractivity contribution is 9.10. The van der Waals surface area contributed by atoms with Crippen LogP contribution in [0, 0.1) is 5.82 Å². The van der Waals surface area contributed by atoms with Gasteiger partial charge in [0, 0.05) is 19.1 Å². The smallest absolute Gasteiger partial charge is 0.137 e. The minimum absolute atomic E-state index is 0.0293. The maximum Gasteiger partial charge on any atom is 0.137 e. The van der Waals surface area contributed by atoms with Crippen LogP contribution in [-0.2, 0) is 4.74 Å². The summed E-state index contributed by atoms with van der Waals surface area (Å²) in [4.78, 5) is 0. The van der Waals surface area contributed by atoms with Crippen LogP contribution in [0.2, 0.25) is 0 Å². The van der Waals surface area contributed by atoms with Crippen molar-refractivity contribution < 1.29 is 13.9 Å². The van der Waals surface area contributed by atoms with Gasteiger partial charge in [-0.1, -0.05) is 6.92 Å². The van der Waals surface area contributed by atoms with Crippen molar-refractivity contribution >= 4 is 15.9 Å². The molecule has 1 N–H and O–H groups in total. The predicted molar refractivity (Wildman–Crippen MR) is 80.6 cm³/mol. The van der Waals surface area contributed by atoms with E-state index in [1.807, 2.05) is 6.92 Å². The Bertz CT molecular complexity index is 444. The normalized spacial score (nSPS) is 25.3. The average molecular weight is 346 g/mol. The van der Waals surface area contributed by atoms with E-state index in [-0.39, 0.29) is 18.0 Å². The Labute approximate surface area is 128 Å². The van der Waals surface area contributed by atoms with Gasteiger partial charge in [-0.2, -0.15) is 0 Å². The molecule has 0 aliphatic heterocycles. The molecule has 0 aromatic heterocycles. The molecule has 5 heteroatoms. The van der Waals surface area contributed by atoms with E-state index in [0.29, 0.717) is 22.9 Å². The van der Waals surface area contributed by atoms with E-state index in [1.165, 1.54) is 6.07 Å². The van der Waals surface area contributed by atoms with E-state index in [0.717, 1.165) is 19.4 Å². The van der Waals surface area contributed by atoms with Crippen molar-refractivity contribution in [3.05, 3.63) is 28.5 Å². The number of hydrogen-bond acceptors (Lipinski definition) is 3. The number of nitrogens with one attached hydrogen (secondary N) is 1. The molecule has 0 radical (unpaired) electrons. The molecule has 1 aliphatic carbocycles. The third-order valence-corrected chi connectivity index (χ3v) is 4.05. The molecule has 3 atom stereocenters. The van der Waals surface area contributed by atoms with Crippen LogP contribution in [0.3, 0.4) is 0 Å². The highest BCUT2D eigenvalue weighted by Crippen LogP contribution is 2.31. The van der Waals surface area contributed by atoms with E-state index in [9.17, 15) is 4.39 Å². The Morgan fingerprint density at radius 1 is 1.40 bits per heavy atom. The second-order valence-corrected chi connectivity index (χ2v) is 5.80. The van der Waals surface area contributed by atoms with Crippen molar-refractivity contribution in [2.24, 2.45) is 0 Å². The molecule has 1 aromatic rings. The van der Waals surface area contributed by atoms with Crippen molar-refractivity contribution in [2.75, 3.05) is 13.2 Å². The van der Waals surface area contributed by atoms with Crippen LogP contribution in [-0.4, -0.2) is 31.4 Å². The average Bonchev–Trinajstić information content (AvgIpc) is 2.43. The largest absolute Gasteiger partial charge is 0.488 e. The number of halogens is 2. The summed E-state index contributed by atoms with van der Waals surface area (Å²) in [6.07, 6.45) is 2.11. The van der Waals surface area contributed by atoms with Gasteiger partial charge in [-0.3, -0.25) is 0 Å². The topological polar surface area (TPSA) is 30.5 Å². The Hall–Kier alpha value is -0.650. The molecule has 3 unspecified atom stereocenters. The number of hydrogen-bond donors (Lipinski definition) is 1. The lowest BCUT2D eigenvalue weighted by Crippen LogP contribution is -2.61. The van der Waals surface area contributed by atoms with Gasteiger partial charge in [0.15, 0.2) is 0 Å². The van der Waals surface area contributed by atoms with Crippen LogP contribution in [0.1, 0.15) is 26.7 Å². The minimum atomic E-state index is -0.283. The van der Waals surface area contributed by atoms with E-state index in [1.54, 1.807) is 12.1 Å². The lowest BCUT2D eigenvalue weighted by atomic mass is 9.85. The van der Waals surface area contributed by atoms with E-state index < -0.39 is 0 Å². The van der Waals surface area contributed by atoms with Crippen LogP contribution in [0.25, 0.3) is 0 Å². The molecule has 112 valence electrons. The molecule has 2 rings (SSSR count). The summed E-state index contributed by atoms with van der Waals surface area (Å²) in [5.74, 6) is 0.386. The number of rotatable bonds is 7. The van der Waals surface area contributed by atoms with E-state index in [2.05, 4.69) is 28.2 Å². The van der Waals surface area contributed by atoms with Crippen LogP contribution < -0.4 is 10.1 Å². The Balaban J connectivity index is 1.93. The quantitative estimate of drug-likeness (QED) is 0.820. The summed E-state index contributed by atoms with van der Waals surface area (Å²) >= 11 is 3.17. The van der Waals surface area contributed by atoms with Gasteiger partial charge in [0.25, 0.3) is 0 Å². The van der Waals surface area contributed by atoms with Crippen molar-refractivity contribution in [1.82, 2.24) is 5.32 Å². The van der Waals surface area contributed by atoms with Crippen LogP contribution in [0.5, 0.6) is 5.75 Å². The maximum absolute atomic E-state index is 13.2. The fourth-order valence-corrected chi connectivity index (χ4v) is 2.72. The first-order chi connectivity index (χ1) is 9.65. The molecule has 20 heavy (non-hydrogen) atoms. The second kappa shape index (κ2) is 7.38. The van der Waals surface area contributed by atoms with Crippen LogP contribution >= 0.6 is 15.9 Å². The minimum Gasteiger partial charge on any atom is -0.488 e. The monoisotopic (exact) mass is 345 g/mol. The third-order valence-electron chi connectivity index (χ3n) is 3.44. The lowest BCUT2D eigenvalue weighted by molar-refractivity contribution is -0.104. The highest BCUT2D eigenvalue weighted by atomic mass is 79.9. The fraction of sp³-hybridized carbons (Fsp3) is 0.600. The Morgan fingerprint density at radius 2 is 2.20 bits per heavy atom. The summed E-state index contributed by atoms with van der Waals surface area (Å²) in [6, 6.07) is 5.06. The predicted octanol–water partition coefficient (Wildman–Crippen LogP) is 3.51. The molecular weight excluding hydrogens is 325 g/mol. The number of benzene rings is 1. The zero-order valence-electron chi connectivity index (χ0n) is 11.9. The van der Waals surface area contributed by atoms with Crippen molar-refractivity contribution in [3.63, 3.8) is 0 Å². The molecule has 1 fully saturated rings. The standard InChI is InChI=1S/C15H21BrFNO2/c1-3-7-18-13-9-14(15(13)19-4-2)20-10-5-6-12(17)11(16)8-10/h5-6,8,13-15,18H,3-4,7,9H2,1-2H3. The molecule has 1 aromatic carbocycles. The van der Waals surface area contributed by atoms with Gasteiger partial charge in [-0.05, 0) is 54.0 Å². The van der Waals surface area contributed by atoms with Crippen LogP contribution in [0.15, 0.2) is 22.7 Å². The maximum atomic E-state index is 13.2. The molecule has 1 aliphatic rings. The van der Waals surface area contributed by atoms with Gasteiger partial charge in [-0.25, -0.2) is 4.39 Å². The van der Waals surface area contributed by atoms with Crippen molar-refractivity contribution in [3.8, 4) is 5.75 Å². The summed E-state index contributed by atoms with van der Waals surface area (Å²) in [5.41, 5.74) is 0.